The molecular weight excluding hydrogens is 240 g/mol. The summed E-state index contributed by atoms with van der Waals surface area (Å²) in [5.74, 6) is 0.224. The number of carbonyl (C=O) groups excluding carboxylic acids is 1. The number of rotatable bonds is 4. The first-order valence-corrected chi connectivity index (χ1v) is 5.94. The first kappa shape index (κ1) is 13.8. The molecule has 0 atom stereocenters. The number of hydrogen-bond donors (Lipinski definition) is 1. The third-order valence-electron chi connectivity index (χ3n) is 2.54. The van der Waals surface area contributed by atoms with E-state index in [1.54, 1.807) is 19.3 Å². The normalized spacial score (nSPS) is 11.3. The molecule has 0 saturated heterocycles. The summed E-state index contributed by atoms with van der Waals surface area (Å²) in [5, 5.41) is 2.85. The molecule has 0 aliphatic heterocycles. The molecule has 0 spiro atoms. The highest BCUT2D eigenvalue weighted by atomic mass is 35.5. The molecule has 0 radical (unpaired) electrons. The molecule has 0 fully saturated rings. The van der Waals surface area contributed by atoms with Gasteiger partial charge in [-0.05, 0) is 26.3 Å². The molecule has 1 aromatic heterocycles. The molecule has 1 rings (SSSR count). The summed E-state index contributed by atoms with van der Waals surface area (Å²) in [7, 11) is 1.64. The zero-order chi connectivity index (χ0) is 13.1. The van der Waals surface area contributed by atoms with E-state index in [0.29, 0.717) is 17.9 Å². The van der Waals surface area contributed by atoms with Crippen LogP contribution in [0.5, 0.6) is 0 Å². The number of nitrogens with one attached hydrogen (secondary N) is 1. The number of hydrogen-bond acceptors (Lipinski definition) is 2. The van der Waals surface area contributed by atoms with Crippen LogP contribution in [0.4, 0.5) is 0 Å². The van der Waals surface area contributed by atoms with Crippen molar-refractivity contribution in [2.75, 3.05) is 5.88 Å². The summed E-state index contributed by atoms with van der Waals surface area (Å²) in [6.45, 7) is 3.79. The lowest BCUT2D eigenvalue weighted by atomic mass is 10.0. The predicted molar refractivity (Wildman–Crippen MR) is 68.6 cm³/mol. The highest BCUT2D eigenvalue weighted by Gasteiger charge is 2.20. The van der Waals surface area contributed by atoms with Crippen LogP contribution in [0.2, 0.25) is 0 Å². The fourth-order valence-electron chi connectivity index (χ4n) is 1.37. The van der Waals surface area contributed by atoms with Crippen LogP contribution in [-0.2, 0) is 7.05 Å². The third kappa shape index (κ3) is 3.89. The SMILES string of the molecule is Cn1ccc(C(=O)NC(C)(C)CCCl)cc1=O. The highest BCUT2D eigenvalue weighted by molar-refractivity contribution is 6.17. The molecule has 0 bridgehead atoms. The van der Waals surface area contributed by atoms with Gasteiger partial charge in [0.05, 0.1) is 0 Å². The van der Waals surface area contributed by atoms with Crippen molar-refractivity contribution < 1.29 is 4.79 Å². The third-order valence-corrected chi connectivity index (χ3v) is 2.73. The molecule has 94 valence electrons. The quantitative estimate of drug-likeness (QED) is 0.831. The van der Waals surface area contributed by atoms with Gasteiger partial charge in [-0.15, -0.1) is 11.6 Å². The van der Waals surface area contributed by atoms with E-state index in [0.717, 1.165) is 0 Å². The Labute approximate surface area is 106 Å². The number of aryl methyl sites for hydroxylation is 1. The maximum atomic E-state index is 11.9. The first-order chi connectivity index (χ1) is 7.85. The van der Waals surface area contributed by atoms with Crippen molar-refractivity contribution in [1.29, 1.82) is 0 Å². The van der Waals surface area contributed by atoms with Crippen molar-refractivity contribution in [3.8, 4) is 0 Å². The lowest BCUT2D eigenvalue weighted by Crippen LogP contribution is -2.44. The fourth-order valence-corrected chi connectivity index (χ4v) is 1.84. The summed E-state index contributed by atoms with van der Waals surface area (Å²) in [6.07, 6.45) is 2.25. The number of carbonyl (C=O) groups is 1. The number of halogens is 1. The zero-order valence-corrected chi connectivity index (χ0v) is 11.0. The van der Waals surface area contributed by atoms with Crippen LogP contribution in [0.25, 0.3) is 0 Å². The van der Waals surface area contributed by atoms with E-state index >= 15 is 0 Å². The maximum absolute atomic E-state index is 11.9. The number of pyridine rings is 1. The summed E-state index contributed by atoms with van der Waals surface area (Å²) in [4.78, 5) is 23.3. The second kappa shape index (κ2) is 5.36. The molecule has 5 heteroatoms. The van der Waals surface area contributed by atoms with E-state index in [9.17, 15) is 9.59 Å². The van der Waals surface area contributed by atoms with Crippen LogP contribution in [0.3, 0.4) is 0 Å². The second-order valence-corrected chi connectivity index (χ2v) is 5.02. The van der Waals surface area contributed by atoms with E-state index in [4.69, 9.17) is 11.6 Å². The van der Waals surface area contributed by atoms with Gasteiger partial charge in [0.2, 0.25) is 0 Å². The molecule has 4 nitrogen and oxygen atoms in total. The van der Waals surface area contributed by atoms with Gasteiger partial charge in [-0.2, -0.15) is 0 Å². The monoisotopic (exact) mass is 256 g/mol. The Morgan fingerprint density at radius 3 is 2.71 bits per heavy atom. The topological polar surface area (TPSA) is 51.1 Å². The van der Waals surface area contributed by atoms with Gasteiger partial charge in [0, 0.05) is 36.3 Å². The molecule has 0 aliphatic carbocycles. The van der Waals surface area contributed by atoms with Gasteiger partial charge in [0.25, 0.3) is 11.5 Å². The van der Waals surface area contributed by atoms with Crippen molar-refractivity contribution in [2.24, 2.45) is 7.05 Å². The largest absolute Gasteiger partial charge is 0.347 e. The molecule has 1 aromatic rings. The molecule has 0 aliphatic rings. The standard InChI is InChI=1S/C12H17ClN2O2/c1-12(2,5-6-13)14-11(17)9-4-7-15(3)10(16)8-9/h4,7-8H,5-6H2,1-3H3,(H,14,17). The van der Waals surface area contributed by atoms with E-state index in [1.807, 2.05) is 13.8 Å². The second-order valence-electron chi connectivity index (χ2n) is 4.64. The molecule has 1 amide bonds. The number of nitrogens with zero attached hydrogens (tertiary/aromatic N) is 1. The molecule has 0 saturated carbocycles. The van der Waals surface area contributed by atoms with E-state index in [1.165, 1.54) is 10.6 Å². The number of amides is 1. The van der Waals surface area contributed by atoms with Crippen LogP contribution in [-0.4, -0.2) is 21.9 Å². The Bertz CT molecular complexity index is 466. The van der Waals surface area contributed by atoms with Gasteiger partial charge >= 0.3 is 0 Å². The van der Waals surface area contributed by atoms with Crippen molar-refractivity contribution >= 4 is 17.5 Å². The Hall–Kier alpha value is -1.29. The summed E-state index contributed by atoms with van der Waals surface area (Å²) in [5.41, 5.74) is -0.205. The Morgan fingerprint density at radius 1 is 1.53 bits per heavy atom. The van der Waals surface area contributed by atoms with Crippen LogP contribution in [0.1, 0.15) is 30.6 Å². The lowest BCUT2D eigenvalue weighted by Gasteiger charge is -2.25. The summed E-state index contributed by atoms with van der Waals surface area (Å²) in [6, 6.07) is 2.94. The van der Waals surface area contributed by atoms with E-state index in [2.05, 4.69) is 5.32 Å². The predicted octanol–water partition coefficient (Wildman–Crippen LogP) is 1.52. The van der Waals surface area contributed by atoms with Gasteiger partial charge in [-0.3, -0.25) is 9.59 Å². The van der Waals surface area contributed by atoms with E-state index < -0.39 is 0 Å². The molecule has 1 heterocycles. The maximum Gasteiger partial charge on any atom is 0.251 e. The smallest absolute Gasteiger partial charge is 0.251 e. The van der Waals surface area contributed by atoms with Crippen LogP contribution < -0.4 is 10.9 Å². The minimum absolute atomic E-state index is 0.201. The van der Waals surface area contributed by atoms with Crippen molar-refractivity contribution in [1.82, 2.24) is 9.88 Å². The number of alkyl halides is 1. The van der Waals surface area contributed by atoms with Crippen molar-refractivity contribution in [2.45, 2.75) is 25.8 Å². The average molecular weight is 257 g/mol. The Balaban J connectivity index is 2.83. The lowest BCUT2D eigenvalue weighted by molar-refractivity contribution is 0.0911. The minimum atomic E-state index is -0.375. The first-order valence-electron chi connectivity index (χ1n) is 5.41. The summed E-state index contributed by atoms with van der Waals surface area (Å²) < 4.78 is 1.42. The summed E-state index contributed by atoms with van der Waals surface area (Å²) >= 11 is 5.66. The van der Waals surface area contributed by atoms with Crippen molar-refractivity contribution in [3.05, 3.63) is 34.2 Å². The van der Waals surface area contributed by atoms with Crippen molar-refractivity contribution in [3.63, 3.8) is 0 Å². The van der Waals surface area contributed by atoms with Gasteiger partial charge in [-0.1, -0.05) is 0 Å². The molecule has 0 aromatic carbocycles. The van der Waals surface area contributed by atoms with E-state index in [-0.39, 0.29) is 17.0 Å². The molecule has 17 heavy (non-hydrogen) atoms. The van der Waals surface area contributed by atoms with Crippen LogP contribution in [0, 0.1) is 0 Å². The number of aromatic nitrogens is 1. The Morgan fingerprint density at radius 2 is 2.18 bits per heavy atom. The van der Waals surface area contributed by atoms with Gasteiger partial charge in [0.1, 0.15) is 0 Å². The highest BCUT2D eigenvalue weighted by Crippen LogP contribution is 2.10. The molecule has 0 unspecified atom stereocenters. The minimum Gasteiger partial charge on any atom is -0.347 e. The van der Waals surface area contributed by atoms with Gasteiger partial charge < -0.3 is 9.88 Å². The van der Waals surface area contributed by atoms with Crippen LogP contribution >= 0.6 is 11.6 Å². The van der Waals surface area contributed by atoms with Crippen LogP contribution in [0.15, 0.2) is 23.1 Å². The average Bonchev–Trinajstić information content (AvgIpc) is 2.21. The van der Waals surface area contributed by atoms with Gasteiger partial charge in [0.15, 0.2) is 0 Å². The molecule has 1 N–H and O–H groups in total. The molecular formula is C12H17ClN2O2. The Kier molecular flexibility index (Phi) is 4.34. The van der Waals surface area contributed by atoms with Gasteiger partial charge in [-0.25, -0.2) is 0 Å². The fraction of sp³-hybridized carbons (Fsp3) is 0.500. The zero-order valence-electron chi connectivity index (χ0n) is 10.3.